The number of alkyl halides is 1. The molecule has 0 saturated heterocycles. The van der Waals surface area contributed by atoms with Crippen LogP contribution in [0, 0.1) is 6.92 Å². The normalized spacial score (nSPS) is 10.5. The Morgan fingerprint density at radius 2 is 2.00 bits per heavy atom. The van der Waals surface area contributed by atoms with Gasteiger partial charge in [-0.05, 0) is 37.5 Å². The maximum Gasteiger partial charge on any atom is 0.0396 e. The SMILES string of the molecule is CCCCN(CC)c1ccc(CBr)cc1C. The van der Waals surface area contributed by atoms with E-state index in [1.54, 1.807) is 0 Å². The highest BCUT2D eigenvalue weighted by molar-refractivity contribution is 9.08. The van der Waals surface area contributed by atoms with E-state index in [0.29, 0.717) is 0 Å². The monoisotopic (exact) mass is 283 g/mol. The van der Waals surface area contributed by atoms with Gasteiger partial charge in [0.2, 0.25) is 0 Å². The number of hydrogen-bond donors (Lipinski definition) is 0. The zero-order chi connectivity index (χ0) is 12.0. The smallest absolute Gasteiger partial charge is 0.0396 e. The maximum absolute atomic E-state index is 3.50. The van der Waals surface area contributed by atoms with Crippen molar-refractivity contribution in [3.8, 4) is 0 Å². The van der Waals surface area contributed by atoms with Crippen LogP contribution < -0.4 is 4.90 Å². The molecule has 2 heteroatoms. The third-order valence-electron chi connectivity index (χ3n) is 2.92. The highest BCUT2D eigenvalue weighted by atomic mass is 79.9. The predicted molar refractivity (Wildman–Crippen MR) is 76.6 cm³/mol. The van der Waals surface area contributed by atoms with Crippen LogP contribution >= 0.6 is 15.9 Å². The average Bonchev–Trinajstić information content (AvgIpc) is 2.31. The topological polar surface area (TPSA) is 3.24 Å². The zero-order valence-electron chi connectivity index (χ0n) is 10.6. The van der Waals surface area contributed by atoms with Gasteiger partial charge in [-0.1, -0.05) is 41.4 Å². The molecule has 0 radical (unpaired) electrons. The van der Waals surface area contributed by atoms with Gasteiger partial charge in [-0.3, -0.25) is 0 Å². The Morgan fingerprint density at radius 3 is 2.50 bits per heavy atom. The summed E-state index contributed by atoms with van der Waals surface area (Å²) in [4.78, 5) is 2.47. The Morgan fingerprint density at radius 1 is 1.25 bits per heavy atom. The van der Waals surface area contributed by atoms with Crippen molar-refractivity contribution >= 4 is 21.6 Å². The van der Waals surface area contributed by atoms with Gasteiger partial charge in [0.25, 0.3) is 0 Å². The summed E-state index contributed by atoms with van der Waals surface area (Å²) in [6.45, 7) is 8.94. The molecule has 0 aromatic heterocycles. The van der Waals surface area contributed by atoms with E-state index in [9.17, 15) is 0 Å². The van der Waals surface area contributed by atoms with Crippen molar-refractivity contribution in [1.29, 1.82) is 0 Å². The van der Waals surface area contributed by atoms with Gasteiger partial charge < -0.3 is 4.90 Å². The summed E-state index contributed by atoms with van der Waals surface area (Å²) in [5, 5.41) is 0.940. The Labute approximate surface area is 108 Å². The number of anilines is 1. The zero-order valence-corrected chi connectivity index (χ0v) is 12.2. The van der Waals surface area contributed by atoms with E-state index in [4.69, 9.17) is 0 Å². The van der Waals surface area contributed by atoms with Crippen molar-refractivity contribution in [1.82, 2.24) is 0 Å². The molecule has 0 amide bonds. The molecule has 0 aliphatic rings. The van der Waals surface area contributed by atoms with Crippen LogP contribution in [0.1, 0.15) is 37.8 Å². The molecule has 0 bridgehead atoms. The first kappa shape index (κ1) is 13.6. The van der Waals surface area contributed by atoms with Crippen molar-refractivity contribution in [2.45, 2.75) is 38.9 Å². The Bertz CT molecular complexity index is 323. The summed E-state index contributed by atoms with van der Waals surface area (Å²) >= 11 is 3.50. The van der Waals surface area contributed by atoms with Crippen LogP contribution in [-0.4, -0.2) is 13.1 Å². The number of nitrogens with zero attached hydrogens (tertiary/aromatic N) is 1. The first-order valence-electron chi connectivity index (χ1n) is 6.13. The largest absolute Gasteiger partial charge is 0.372 e. The van der Waals surface area contributed by atoms with E-state index in [1.807, 2.05) is 0 Å². The molecule has 0 heterocycles. The van der Waals surface area contributed by atoms with Crippen LogP contribution in [0.25, 0.3) is 0 Å². The number of halogens is 1. The van der Waals surface area contributed by atoms with Gasteiger partial charge in [0.05, 0.1) is 0 Å². The lowest BCUT2D eigenvalue weighted by Crippen LogP contribution is -2.24. The standard InChI is InChI=1S/C14H22BrN/c1-4-6-9-16(5-2)14-8-7-13(11-15)10-12(14)3/h7-8,10H,4-6,9,11H2,1-3H3. The van der Waals surface area contributed by atoms with Crippen molar-refractivity contribution in [3.05, 3.63) is 29.3 Å². The third kappa shape index (κ3) is 3.51. The summed E-state index contributed by atoms with van der Waals surface area (Å²) in [5.41, 5.74) is 4.13. The van der Waals surface area contributed by atoms with E-state index in [1.165, 1.54) is 36.2 Å². The van der Waals surface area contributed by atoms with Gasteiger partial charge in [0, 0.05) is 24.1 Å². The summed E-state index contributed by atoms with van der Waals surface area (Å²) in [7, 11) is 0. The molecule has 0 saturated carbocycles. The number of hydrogen-bond acceptors (Lipinski definition) is 1. The van der Waals surface area contributed by atoms with Gasteiger partial charge in [-0.2, -0.15) is 0 Å². The molecule has 0 atom stereocenters. The average molecular weight is 284 g/mol. The number of aryl methyl sites for hydroxylation is 1. The molecule has 0 N–H and O–H groups in total. The second kappa shape index (κ2) is 6.95. The summed E-state index contributed by atoms with van der Waals surface area (Å²) < 4.78 is 0. The molecule has 16 heavy (non-hydrogen) atoms. The number of rotatable bonds is 6. The van der Waals surface area contributed by atoms with Crippen molar-refractivity contribution < 1.29 is 0 Å². The predicted octanol–water partition coefficient (Wildman–Crippen LogP) is 4.52. The molecule has 0 aliphatic heterocycles. The molecule has 1 nitrogen and oxygen atoms in total. The van der Waals surface area contributed by atoms with Crippen LogP contribution in [0.5, 0.6) is 0 Å². The lowest BCUT2D eigenvalue weighted by atomic mass is 10.1. The Balaban J connectivity index is 2.83. The highest BCUT2D eigenvalue weighted by Gasteiger charge is 2.06. The minimum Gasteiger partial charge on any atom is -0.372 e. The summed E-state index contributed by atoms with van der Waals surface area (Å²) in [6.07, 6.45) is 2.53. The van der Waals surface area contributed by atoms with Gasteiger partial charge in [-0.15, -0.1) is 0 Å². The van der Waals surface area contributed by atoms with E-state index in [-0.39, 0.29) is 0 Å². The quantitative estimate of drug-likeness (QED) is 0.694. The lowest BCUT2D eigenvalue weighted by molar-refractivity contribution is 0.730. The first-order valence-corrected chi connectivity index (χ1v) is 7.25. The van der Waals surface area contributed by atoms with Gasteiger partial charge in [0.15, 0.2) is 0 Å². The van der Waals surface area contributed by atoms with Gasteiger partial charge in [0.1, 0.15) is 0 Å². The molecule has 90 valence electrons. The van der Waals surface area contributed by atoms with Crippen molar-refractivity contribution in [2.75, 3.05) is 18.0 Å². The summed E-state index contributed by atoms with van der Waals surface area (Å²) in [5.74, 6) is 0. The molecule has 1 aromatic carbocycles. The summed E-state index contributed by atoms with van der Waals surface area (Å²) in [6, 6.07) is 6.75. The Kier molecular flexibility index (Phi) is 5.89. The molecular weight excluding hydrogens is 262 g/mol. The van der Waals surface area contributed by atoms with Gasteiger partial charge >= 0.3 is 0 Å². The van der Waals surface area contributed by atoms with E-state index >= 15 is 0 Å². The van der Waals surface area contributed by atoms with E-state index in [2.05, 4.69) is 59.8 Å². The Hall–Kier alpha value is -0.500. The van der Waals surface area contributed by atoms with Crippen LogP contribution in [0.3, 0.4) is 0 Å². The molecule has 0 spiro atoms. The molecular formula is C14H22BrN. The molecule has 1 rings (SSSR count). The number of unbranched alkanes of at least 4 members (excludes halogenated alkanes) is 1. The second-order valence-electron chi connectivity index (χ2n) is 4.19. The first-order chi connectivity index (χ1) is 7.72. The lowest BCUT2D eigenvalue weighted by Gasteiger charge is -2.25. The van der Waals surface area contributed by atoms with Crippen LogP contribution in [0.2, 0.25) is 0 Å². The van der Waals surface area contributed by atoms with E-state index < -0.39 is 0 Å². The third-order valence-corrected chi connectivity index (χ3v) is 3.57. The van der Waals surface area contributed by atoms with Crippen molar-refractivity contribution in [3.63, 3.8) is 0 Å². The van der Waals surface area contributed by atoms with Crippen LogP contribution in [0.4, 0.5) is 5.69 Å². The minimum absolute atomic E-state index is 0.940. The molecule has 0 fully saturated rings. The maximum atomic E-state index is 3.50. The minimum atomic E-state index is 0.940. The fraction of sp³-hybridized carbons (Fsp3) is 0.571. The number of benzene rings is 1. The second-order valence-corrected chi connectivity index (χ2v) is 4.75. The van der Waals surface area contributed by atoms with E-state index in [0.717, 1.165) is 11.9 Å². The fourth-order valence-corrected chi connectivity index (χ4v) is 2.30. The molecule has 1 aromatic rings. The van der Waals surface area contributed by atoms with Crippen LogP contribution in [0.15, 0.2) is 18.2 Å². The van der Waals surface area contributed by atoms with Crippen LogP contribution in [-0.2, 0) is 5.33 Å². The fourth-order valence-electron chi connectivity index (χ4n) is 1.95. The highest BCUT2D eigenvalue weighted by Crippen LogP contribution is 2.22. The molecule has 0 unspecified atom stereocenters. The molecule has 0 aliphatic carbocycles. The van der Waals surface area contributed by atoms with Gasteiger partial charge in [-0.25, -0.2) is 0 Å². The van der Waals surface area contributed by atoms with Crippen molar-refractivity contribution in [2.24, 2.45) is 0 Å².